The fourth-order valence-corrected chi connectivity index (χ4v) is 1.41. The predicted molar refractivity (Wildman–Crippen MR) is 35.8 cm³/mol. The van der Waals surface area contributed by atoms with Gasteiger partial charge in [0.15, 0.2) is 0 Å². The van der Waals surface area contributed by atoms with Crippen molar-refractivity contribution < 1.29 is 0 Å². The van der Waals surface area contributed by atoms with E-state index in [0.29, 0.717) is 0 Å². The standard InChI is InChI=1S/C7H15N/c1-3-7-5-8-4-6(7)2/h6-8H,3-5H2,1-2H3/t6-,7+/m1/s1. The van der Waals surface area contributed by atoms with Crippen LogP contribution in [0.5, 0.6) is 0 Å². The molecule has 8 heavy (non-hydrogen) atoms. The van der Waals surface area contributed by atoms with Gasteiger partial charge in [0, 0.05) is 0 Å². The fraction of sp³-hybridized carbons (Fsp3) is 1.00. The lowest BCUT2D eigenvalue weighted by Crippen LogP contribution is -2.07. The zero-order valence-corrected chi connectivity index (χ0v) is 5.78. The Hall–Kier alpha value is -0.0400. The summed E-state index contributed by atoms with van der Waals surface area (Å²) >= 11 is 0. The van der Waals surface area contributed by atoms with Crippen LogP contribution in [0.3, 0.4) is 0 Å². The van der Waals surface area contributed by atoms with Gasteiger partial charge < -0.3 is 5.32 Å². The molecule has 2 atom stereocenters. The maximum absolute atomic E-state index is 3.37. The lowest BCUT2D eigenvalue weighted by molar-refractivity contribution is 0.440. The van der Waals surface area contributed by atoms with E-state index in [2.05, 4.69) is 19.2 Å². The molecule has 0 amide bonds. The van der Waals surface area contributed by atoms with Gasteiger partial charge in [-0.1, -0.05) is 20.3 Å². The lowest BCUT2D eigenvalue weighted by atomic mass is 9.96. The van der Waals surface area contributed by atoms with Crippen molar-refractivity contribution in [2.45, 2.75) is 20.3 Å². The Kier molecular flexibility index (Phi) is 1.90. The van der Waals surface area contributed by atoms with Crippen molar-refractivity contribution in [3.63, 3.8) is 0 Å². The Morgan fingerprint density at radius 1 is 1.50 bits per heavy atom. The van der Waals surface area contributed by atoms with Crippen molar-refractivity contribution in [2.75, 3.05) is 13.1 Å². The van der Waals surface area contributed by atoms with Gasteiger partial charge in [0.1, 0.15) is 0 Å². The summed E-state index contributed by atoms with van der Waals surface area (Å²) in [5.74, 6) is 1.87. The Morgan fingerprint density at radius 3 is 2.50 bits per heavy atom. The molecule has 48 valence electrons. The zero-order valence-electron chi connectivity index (χ0n) is 5.78. The minimum atomic E-state index is 0.917. The Bertz CT molecular complexity index is 70.8. The summed E-state index contributed by atoms with van der Waals surface area (Å²) in [5, 5.41) is 3.37. The second-order valence-corrected chi connectivity index (χ2v) is 2.80. The SMILES string of the molecule is CC[C@H]1CNC[C@H]1C. The summed E-state index contributed by atoms with van der Waals surface area (Å²) in [6.45, 7) is 7.08. The second kappa shape index (κ2) is 2.49. The van der Waals surface area contributed by atoms with Gasteiger partial charge in [-0.25, -0.2) is 0 Å². The molecule has 0 bridgehead atoms. The van der Waals surface area contributed by atoms with Crippen molar-refractivity contribution in [1.29, 1.82) is 0 Å². The number of nitrogens with one attached hydrogen (secondary N) is 1. The molecule has 0 spiro atoms. The number of hydrogen-bond donors (Lipinski definition) is 1. The lowest BCUT2D eigenvalue weighted by Gasteiger charge is -2.08. The average Bonchev–Trinajstić information content (AvgIpc) is 2.14. The molecule has 1 saturated heterocycles. The van der Waals surface area contributed by atoms with Crippen LogP contribution in [0.25, 0.3) is 0 Å². The van der Waals surface area contributed by atoms with Crippen LogP contribution in [0.1, 0.15) is 20.3 Å². The van der Waals surface area contributed by atoms with E-state index in [1.54, 1.807) is 0 Å². The van der Waals surface area contributed by atoms with Crippen LogP contribution in [0.4, 0.5) is 0 Å². The molecule has 0 aliphatic carbocycles. The monoisotopic (exact) mass is 113 g/mol. The summed E-state index contributed by atoms with van der Waals surface area (Å²) in [4.78, 5) is 0. The molecular weight excluding hydrogens is 98.1 g/mol. The third kappa shape index (κ3) is 1.03. The molecular formula is C7H15N. The van der Waals surface area contributed by atoms with E-state index in [0.717, 1.165) is 11.8 Å². The van der Waals surface area contributed by atoms with E-state index in [-0.39, 0.29) is 0 Å². The van der Waals surface area contributed by atoms with Crippen LogP contribution in [0.15, 0.2) is 0 Å². The smallest absolute Gasteiger partial charge is 0.00175 e. The number of rotatable bonds is 1. The van der Waals surface area contributed by atoms with Gasteiger partial charge in [0.05, 0.1) is 0 Å². The quantitative estimate of drug-likeness (QED) is 0.539. The minimum Gasteiger partial charge on any atom is -0.316 e. The Balaban J connectivity index is 2.30. The topological polar surface area (TPSA) is 12.0 Å². The van der Waals surface area contributed by atoms with Gasteiger partial charge in [-0.15, -0.1) is 0 Å². The Morgan fingerprint density at radius 2 is 2.25 bits per heavy atom. The van der Waals surface area contributed by atoms with E-state index in [9.17, 15) is 0 Å². The first-order valence-electron chi connectivity index (χ1n) is 3.55. The van der Waals surface area contributed by atoms with Crippen LogP contribution < -0.4 is 5.32 Å². The van der Waals surface area contributed by atoms with Crippen molar-refractivity contribution in [2.24, 2.45) is 11.8 Å². The van der Waals surface area contributed by atoms with Crippen LogP contribution >= 0.6 is 0 Å². The highest BCUT2D eigenvalue weighted by molar-refractivity contribution is 4.76. The van der Waals surface area contributed by atoms with Crippen LogP contribution in [-0.4, -0.2) is 13.1 Å². The van der Waals surface area contributed by atoms with E-state index in [1.807, 2.05) is 0 Å². The first-order valence-corrected chi connectivity index (χ1v) is 3.55. The van der Waals surface area contributed by atoms with Crippen molar-refractivity contribution in [3.8, 4) is 0 Å². The van der Waals surface area contributed by atoms with E-state index in [4.69, 9.17) is 0 Å². The normalized spacial score (nSPS) is 38.2. The van der Waals surface area contributed by atoms with Crippen LogP contribution in [-0.2, 0) is 0 Å². The minimum absolute atomic E-state index is 0.917. The molecule has 0 aromatic rings. The molecule has 1 heteroatoms. The van der Waals surface area contributed by atoms with Gasteiger partial charge in [0.25, 0.3) is 0 Å². The van der Waals surface area contributed by atoms with Gasteiger partial charge in [-0.2, -0.15) is 0 Å². The molecule has 1 aliphatic heterocycles. The maximum atomic E-state index is 3.37. The zero-order chi connectivity index (χ0) is 5.98. The summed E-state index contributed by atoms with van der Waals surface area (Å²) in [6, 6.07) is 0. The molecule has 1 aliphatic rings. The molecule has 1 fully saturated rings. The highest BCUT2D eigenvalue weighted by Crippen LogP contribution is 2.17. The summed E-state index contributed by atoms with van der Waals surface area (Å²) in [6.07, 6.45) is 1.34. The molecule has 0 aromatic heterocycles. The van der Waals surface area contributed by atoms with E-state index < -0.39 is 0 Å². The predicted octanol–water partition coefficient (Wildman–Crippen LogP) is 1.25. The van der Waals surface area contributed by atoms with Gasteiger partial charge in [-0.3, -0.25) is 0 Å². The van der Waals surface area contributed by atoms with E-state index in [1.165, 1.54) is 19.5 Å². The maximum Gasteiger partial charge on any atom is -0.00175 e. The van der Waals surface area contributed by atoms with Crippen LogP contribution in [0, 0.1) is 11.8 Å². The fourth-order valence-electron chi connectivity index (χ4n) is 1.41. The van der Waals surface area contributed by atoms with Crippen LogP contribution in [0.2, 0.25) is 0 Å². The van der Waals surface area contributed by atoms with Gasteiger partial charge in [-0.05, 0) is 24.9 Å². The molecule has 0 unspecified atom stereocenters. The second-order valence-electron chi connectivity index (χ2n) is 2.80. The highest BCUT2D eigenvalue weighted by atomic mass is 14.9. The van der Waals surface area contributed by atoms with Crippen molar-refractivity contribution in [1.82, 2.24) is 5.32 Å². The molecule has 1 nitrogen and oxygen atoms in total. The summed E-state index contributed by atoms with van der Waals surface area (Å²) in [7, 11) is 0. The van der Waals surface area contributed by atoms with Gasteiger partial charge in [0.2, 0.25) is 0 Å². The van der Waals surface area contributed by atoms with Crippen molar-refractivity contribution >= 4 is 0 Å². The number of hydrogen-bond acceptors (Lipinski definition) is 1. The summed E-state index contributed by atoms with van der Waals surface area (Å²) in [5.41, 5.74) is 0. The average molecular weight is 113 g/mol. The summed E-state index contributed by atoms with van der Waals surface area (Å²) < 4.78 is 0. The Labute approximate surface area is 51.5 Å². The molecule has 1 N–H and O–H groups in total. The first kappa shape index (κ1) is 6.09. The molecule has 1 rings (SSSR count). The molecule has 0 radical (unpaired) electrons. The molecule has 1 heterocycles. The van der Waals surface area contributed by atoms with Gasteiger partial charge >= 0.3 is 0 Å². The van der Waals surface area contributed by atoms with Crippen molar-refractivity contribution in [3.05, 3.63) is 0 Å². The first-order chi connectivity index (χ1) is 3.84. The third-order valence-corrected chi connectivity index (χ3v) is 2.20. The molecule has 0 aromatic carbocycles. The highest BCUT2D eigenvalue weighted by Gasteiger charge is 2.20. The molecule has 0 saturated carbocycles. The third-order valence-electron chi connectivity index (χ3n) is 2.20. The van der Waals surface area contributed by atoms with E-state index >= 15 is 0 Å². The largest absolute Gasteiger partial charge is 0.316 e.